The Labute approximate surface area is 231 Å². The minimum atomic E-state index is -0.827. The normalized spacial score (nSPS) is 15.5. The van der Waals surface area contributed by atoms with Crippen LogP contribution in [0.2, 0.25) is 5.02 Å². The molecule has 1 unspecified atom stereocenters. The van der Waals surface area contributed by atoms with Crippen LogP contribution < -0.4 is 9.47 Å². The molecule has 7 nitrogen and oxygen atoms in total. The lowest BCUT2D eigenvalue weighted by atomic mass is 9.92. The number of rotatable bonds is 8. The van der Waals surface area contributed by atoms with Crippen LogP contribution in [0.5, 0.6) is 11.5 Å². The Morgan fingerprint density at radius 1 is 1.03 bits per heavy atom. The number of amides is 1. The number of hydrogen-bond donors (Lipinski definition) is 1. The molecule has 0 bridgehead atoms. The molecule has 1 atom stereocenters. The van der Waals surface area contributed by atoms with Crippen molar-refractivity contribution in [2.24, 2.45) is 0 Å². The molecule has 5 rings (SSSR count). The lowest BCUT2D eigenvalue weighted by Crippen LogP contribution is -2.30. The van der Waals surface area contributed by atoms with Gasteiger partial charge in [-0.1, -0.05) is 61.8 Å². The van der Waals surface area contributed by atoms with E-state index in [4.69, 9.17) is 25.5 Å². The van der Waals surface area contributed by atoms with Gasteiger partial charge in [0, 0.05) is 23.0 Å². The summed E-state index contributed by atoms with van der Waals surface area (Å²) in [6.45, 7) is 4.35. The zero-order valence-electron chi connectivity index (χ0n) is 22.0. The van der Waals surface area contributed by atoms with Gasteiger partial charge in [0.05, 0.1) is 25.8 Å². The molecule has 1 amide bonds. The molecule has 0 radical (unpaired) electrons. The number of benzene rings is 3. The number of ether oxygens (including phenoxy) is 2. The molecule has 39 heavy (non-hydrogen) atoms. The van der Waals surface area contributed by atoms with Crippen LogP contribution in [0, 0.1) is 0 Å². The highest BCUT2D eigenvalue weighted by molar-refractivity contribution is 6.31. The van der Waals surface area contributed by atoms with E-state index in [1.807, 2.05) is 36.4 Å². The number of carbonyl (C=O) groups is 2. The number of hydrogen-bond acceptors (Lipinski definition) is 6. The molecule has 2 heterocycles. The number of ketones is 1. The zero-order valence-corrected chi connectivity index (χ0v) is 22.8. The van der Waals surface area contributed by atoms with E-state index >= 15 is 0 Å². The maximum absolute atomic E-state index is 13.9. The third-order valence-electron chi connectivity index (χ3n) is 6.97. The van der Waals surface area contributed by atoms with Crippen molar-refractivity contribution in [1.29, 1.82) is 0 Å². The van der Waals surface area contributed by atoms with Gasteiger partial charge in [0.1, 0.15) is 5.75 Å². The third-order valence-corrected chi connectivity index (χ3v) is 7.19. The molecule has 0 aliphatic carbocycles. The molecule has 0 spiro atoms. The number of aliphatic hydroxyl groups excluding tert-OH is 1. The molecular weight excluding hydrogens is 518 g/mol. The van der Waals surface area contributed by atoms with Gasteiger partial charge in [0.2, 0.25) is 5.78 Å². The van der Waals surface area contributed by atoms with Crippen LogP contribution in [0.4, 0.5) is 0 Å². The van der Waals surface area contributed by atoms with E-state index in [2.05, 4.69) is 13.8 Å². The fourth-order valence-electron chi connectivity index (χ4n) is 4.87. The fourth-order valence-corrected chi connectivity index (χ4v) is 5.08. The van der Waals surface area contributed by atoms with Crippen LogP contribution >= 0.6 is 11.6 Å². The van der Waals surface area contributed by atoms with Gasteiger partial charge in [-0.25, -0.2) is 0 Å². The Morgan fingerprint density at radius 3 is 2.33 bits per heavy atom. The van der Waals surface area contributed by atoms with Gasteiger partial charge in [-0.2, -0.15) is 0 Å². The summed E-state index contributed by atoms with van der Waals surface area (Å²) in [6, 6.07) is 19.0. The number of halogens is 1. The number of carbonyl (C=O) groups excluding carboxylic acids is 2. The Hall–Kier alpha value is -4.23. The fraction of sp³-hybridized carbons (Fsp3) is 0.226. The van der Waals surface area contributed by atoms with E-state index in [1.165, 1.54) is 12.0 Å². The molecule has 0 saturated carbocycles. The number of methoxy groups -OCH3 is 2. The maximum atomic E-state index is 13.9. The second-order valence-electron chi connectivity index (χ2n) is 9.73. The highest BCUT2D eigenvalue weighted by atomic mass is 35.5. The first-order valence-electron chi connectivity index (χ1n) is 12.5. The van der Waals surface area contributed by atoms with Crippen molar-refractivity contribution in [3.05, 3.63) is 106 Å². The Bertz CT molecular complexity index is 1580. The molecule has 3 aromatic carbocycles. The van der Waals surface area contributed by atoms with Crippen molar-refractivity contribution in [2.45, 2.75) is 32.4 Å². The van der Waals surface area contributed by atoms with Gasteiger partial charge < -0.3 is 23.9 Å². The third kappa shape index (κ3) is 4.86. The summed E-state index contributed by atoms with van der Waals surface area (Å²) >= 11 is 6.20. The molecule has 1 aliphatic heterocycles. The first-order valence-corrected chi connectivity index (χ1v) is 12.9. The minimum Gasteiger partial charge on any atom is -0.503 e. The van der Waals surface area contributed by atoms with Gasteiger partial charge in [0.15, 0.2) is 22.9 Å². The van der Waals surface area contributed by atoms with Crippen LogP contribution in [0.3, 0.4) is 0 Å². The number of fused-ring (bicyclic) bond motifs is 1. The van der Waals surface area contributed by atoms with Crippen molar-refractivity contribution in [3.8, 4) is 11.5 Å². The van der Waals surface area contributed by atoms with Crippen LogP contribution in [0.25, 0.3) is 11.0 Å². The standard InChI is InChI=1S/C31H28ClNO6/c1-17(2)19-7-9-20(10-8-19)27-26(28(34)24-14-21-13-22(32)15-25(38-4)30(21)39-24)29(35)31(36)33(27)16-18-5-11-23(37-3)12-6-18/h5-15,17,27,35H,16H2,1-4H3. The molecular formula is C31H28ClNO6. The summed E-state index contributed by atoms with van der Waals surface area (Å²) in [5.41, 5.74) is 2.94. The molecule has 8 heteroatoms. The van der Waals surface area contributed by atoms with Crippen LogP contribution in [0.1, 0.15) is 53.1 Å². The number of furan rings is 1. The summed E-state index contributed by atoms with van der Waals surface area (Å²) in [5.74, 6) is -0.494. The average Bonchev–Trinajstić information content (AvgIpc) is 3.47. The van der Waals surface area contributed by atoms with Crippen LogP contribution in [0.15, 0.2) is 82.5 Å². The predicted octanol–water partition coefficient (Wildman–Crippen LogP) is 7.01. The van der Waals surface area contributed by atoms with E-state index in [0.29, 0.717) is 39.0 Å². The average molecular weight is 546 g/mol. The van der Waals surface area contributed by atoms with Crippen molar-refractivity contribution in [3.63, 3.8) is 0 Å². The molecule has 0 saturated heterocycles. The zero-order chi connectivity index (χ0) is 27.8. The minimum absolute atomic E-state index is 0.0324. The molecule has 4 aromatic rings. The SMILES string of the molecule is COc1ccc(CN2C(=O)C(O)=C(C(=O)c3cc4cc(Cl)cc(OC)c4o3)C2c2ccc(C(C)C)cc2)cc1. The summed E-state index contributed by atoms with van der Waals surface area (Å²) in [4.78, 5) is 28.8. The van der Waals surface area contributed by atoms with Gasteiger partial charge in [-0.05, 0) is 46.9 Å². The molecule has 1 aromatic heterocycles. The van der Waals surface area contributed by atoms with Crippen molar-refractivity contribution in [2.75, 3.05) is 14.2 Å². The van der Waals surface area contributed by atoms with E-state index < -0.39 is 23.5 Å². The second kappa shape index (κ2) is 10.5. The Morgan fingerprint density at radius 2 is 1.72 bits per heavy atom. The second-order valence-corrected chi connectivity index (χ2v) is 10.2. The van der Waals surface area contributed by atoms with E-state index in [0.717, 1.165) is 11.1 Å². The van der Waals surface area contributed by atoms with Crippen LogP contribution in [-0.2, 0) is 11.3 Å². The molecule has 200 valence electrons. The summed E-state index contributed by atoms with van der Waals surface area (Å²) in [7, 11) is 3.06. The summed E-state index contributed by atoms with van der Waals surface area (Å²) in [5, 5.41) is 12.1. The monoisotopic (exact) mass is 545 g/mol. The van der Waals surface area contributed by atoms with Crippen LogP contribution in [-0.4, -0.2) is 35.9 Å². The van der Waals surface area contributed by atoms with Crippen molar-refractivity contribution >= 4 is 34.3 Å². The van der Waals surface area contributed by atoms with Gasteiger partial charge in [0.25, 0.3) is 5.91 Å². The maximum Gasteiger partial charge on any atom is 0.290 e. The molecule has 1 N–H and O–H groups in total. The van der Waals surface area contributed by atoms with Gasteiger partial charge >= 0.3 is 0 Å². The largest absolute Gasteiger partial charge is 0.503 e. The first-order chi connectivity index (χ1) is 18.7. The Kier molecular flexibility index (Phi) is 7.10. The van der Waals surface area contributed by atoms with E-state index in [1.54, 1.807) is 37.4 Å². The number of Topliss-reactive ketones (excluding diaryl/α,β-unsaturated/α-hetero) is 1. The first kappa shape index (κ1) is 26.4. The molecule has 1 aliphatic rings. The lowest BCUT2D eigenvalue weighted by molar-refractivity contribution is -0.130. The summed E-state index contributed by atoms with van der Waals surface area (Å²) in [6.07, 6.45) is 0. The van der Waals surface area contributed by atoms with E-state index in [-0.39, 0.29) is 17.9 Å². The number of nitrogens with zero attached hydrogens (tertiary/aromatic N) is 1. The van der Waals surface area contributed by atoms with E-state index in [9.17, 15) is 14.7 Å². The van der Waals surface area contributed by atoms with Gasteiger partial charge in [-0.3, -0.25) is 9.59 Å². The predicted molar refractivity (Wildman–Crippen MR) is 149 cm³/mol. The molecule has 0 fully saturated rings. The quantitative estimate of drug-likeness (QED) is 0.240. The Balaban J connectivity index is 1.59. The highest BCUT2D eigenvalue weighted by Gasteiger charge is 2.44. The number of aliphatic hydroxyl groups is 1. The lowest BCUT2D eigenvalue weighted by Gasteiger charge is -2.27. The van der Waals surface area contributed by atoms with Crippen molar-refractivity contribution < 1.29 is 28.6 Å². The van der Waals surface area contributed by atoms with Crippen molar-refractivity contribution in [1.82, 2.24) is 4.90 Å². The topological polar surface area (TPSA) is 89.2 Å². The highest BCUT2D eigenvalue weighted by Crippen LogP contribution is 2.42. The summed E-state index contributed by atoms with van der Waals surface area (Å²) < 4.78 is 16.5. The smallest absolute Gasteiger partial charge is 0.290 e. The van der Waals surface area contributed by atoms with Gasteiger partial charge in [-0.15, -0.1) is 0 Å².